The lowest BCUT2D eigenvalue weighted by Crippen LogP contribution is -2.04. The van der Waals surface area contributed by atoms with E-state index in [0.29, 0.717) is 11.6 Å². The quantitative estimate of drug-likeness (QED) is 0.787. The zero-order chi connectivity index (χ0) is 14.8. The summed E-state index contributed by atoms with van der Waals surface area (Å²) in [7, 11) is 0. The normalized spacial score (nSPS) is 10.7. The molecular formula is C14H12N4O3. The first kappa shape index (κ1) is 13.0. The van der Waals surface area contributed by atoms with Crippen LogP contribution in [0.3, 0.4) is 0 Å². The maximum atomic E-state index is 10.8. The van der Waals surface area contributed by atoms with Crippen LogP contribution in [0.2, 0.25) is 0 Å². The standard InChI is InChI=1S/C14H12N4O3/c1-9-4-2-3-5-11(9)13-15-16-17-18(13)8-10-6-7-12(21-10)14(19)20/h2-7H,8H2,1H3,(H,19,20). The lowest BCUT2D eigenvalue weighted by Gasteiger charge is -2.05. The molecule has 1 N–H and O–H groups in total. The van der Waals surface area contributed by atoms with Gasteiger partial charge in [0.2, 0.25) is 5.76 Å². The van der Waals surface area contributed by atoms with Crippen LogP contribution in [0.5, 0.6) is 0 Å². The summed E-state index contributed by atoms with van der Waals surface area (Å²) in [5.41, 5.74) is 1.98. The number of aryl methyl sites for hydroxylation is 1. The van der Waals surface area contributed by atoms with E-state index in [1.165, 1.54) is 6.07 Å². The fraction of sp³-hybridized carbons (Fsp3) is 0.143. The van der Waals surface area contributed by atoms with Crippen LogP contribution in [0.4, 0.5) is 0 Å². The largest absolute Gasteiger partial charge is 0.475 e. The van der Waals surface area contributed by atoms with Crippen LogP contribution in [-0.4, -0.2) is 31.3 Å². The topological polar surface area (TPSA) is 94.0 Å². The second-order valence-electron chi connectivity index (χ2n) is 4.55. The Labute approximate surface area is 119 Å². The van der Waals surface area contributed by atoms with Gasteiger partial charge < -0.3 is 9.52 Å². The highest BCUT2D eigenvalue weighted by Crippen LogP contribution is 2.21. The third-order valence-electron chi connectivity index (χ3n) is 3.10. The van der Waals surface area contributed by atoms with E-state index in [4.69, 9.17) is 9.52 Å². The molecule has 0 bridgehead atoms. The van der Waals surface area contributed by atoms with Gasteiger partial charge in [-0.25, -0.2) is 9.48 Å². The Kier molecular flexibility index (Phi) is 3.23. The van der Waals surface area contributed by atoms with E-state index >= 15 is 0 Å². The van der Waals surface area contributed by atoms with E-state index in [-0.39, 0.29) is 12.3 Å². The fourth-order valence-electron chi connectivity index (χ4n) is 2.05. The van der Waals surface area contributed by atoms with Crippen molar-refractivity contribution >= 4 is 5.97 Å². The molecule has 0 saturated heterocycles. The third kappa shape index (κ3) is 2.53. The van der Waals surface area contributed by atoms with Crippen molar-refractivity contribution in [2.45, 2.75) is 13.5 Å². The van der Waals surface area contributed by atoms with Gasteiger partial charge in [-0.2, -0.15) is 0 Å². The Bertz CT molecular complexity index is 791. The van der Waals surface area contributed by atoms with Gasteiger partial charge in [0.05, 0.1) is 0 Å². The highest BCUT2D eigenvalue weighted by atomic mass is 16.4. The second-order valence-corrected chi connectivity index (χ2v) is 4.55. The fourth-order valence-corrected chi connectivity index (χ4v) is 2.05. The molecule has 7 nitrogen and oxygen atoms in total. The summed E-state index contributed by atoms with van der Waals surface area (Å²) in [5, 5.41) is 20.5. The Balaban J connectivity index is 1.92. The Morgan fingerprint density at radius 3 is 2.81 bits per heavy atom. The lowest BCUT2D eigenvalue weighted by molar-refractivity contribution is 0.0660. The minimum absolute atomic E-state index is 0.101. The predicted octanol–water partition coefficient (Wildman–Crippen LogP) is 1.99. The number of carboxylic acids is 1. The van der Waals surface area contributed by atoms with Gasteiger partial charge in [-0.05, 0) is 35.0 Å². The zero-order valence-corrected chi connectivity index (χ0v) is 11.2. The van der Waals surface area contributed by atoms with E-state index in [1.807, 2.05) is 31.2 Å². The highest BCUT2D eigenvalue weighted by molar-refractivity contribution is 5.84. The van der Waals surface area contributed by atoms with Crippen molar-refractivity contribution < 1.29 is 14.3 Å². The molecule has 0 spiro atoms. The SMILES string of the molecule is Cc1ccccc1-c1nnnn1Cc1ccc(C(=O)O)o1. The van der Waals surface area contributed by atoms with Gasteiger partial charge >= 0.3 is 5.97 Å². The van der Waals surface area contributed by atoms with Crippen LogP contribution in [-0.2, 0) is 6.54 Å². The Hall–Kier alpha value is -2.96. The summed E-state index contributed by atoms with van der Waals surface area (Å²) in [4.78, 5) is 10.8. The van der Waals surface area contributed by atoms with Gasteiger partial charge in [0.25, 0.3) is 0 Å². The second kappa shape index (κ2) is 5.20. The van der Waals surface area contributed by atoms with Crippen LogP contribution in [0.25, 0.3) is 11.4 Å². The molecule has 0 fully saturated rings. The van der Waals surface area contributed by atoms with Gasteiger partial charge in [0.15, 0.2) is 5.82 Å². The maximum Gasteiger partial charge on any atom is 0.371 e. The highest BCUT2D eigenvalue weighted by Gasteiger charge is 2.14. The number of furan rings is 1. The first-order valence-electron chi connectivity index (χ1n) is 6.29. The Morgan fingerprint density at radius 1 is 1.29 bits per heavy atom. The van der Waals surface area contributed by atoms with Crippen molar-refractivity contribution in [1.82, 2.24) is 20.2 Å². The van der Waals surface area contributed by atoms with Crippen molar-refractivity contribution in [2.24, 2.45) is 0 Å². The number of tetrazole rings is 1. The van der Waals surface area contributed by atoms with Crippen LogP contribution in [0.15, 0.2) is 40.8 Å². The maximum absolute atomic E-state index is 10.8. The summed E-state index contributed by atoms with van der Waals surface area (Å²) in [6.07, 6.45) is 0. The number of rotatable bonds is 4. The van der Waals surface area contributed by atoms with Crippen molar-refractivity contribution in [1.29, 1.82) is 0 Å². The number of nitrogens with zero attached hydrogens (tertiary/aromatic N) is 4. The van der Waals surface area contributed by atoms with Gasteiger partial charge in [-0.3, -0.25) is 0 Å². The molecule has 3 rings (SSSR count). The number of carbonyl (C=O) groups is 1. The average molecular weight is 284 g/mol. The van der Waals surface area contributed by atoms with Gasteiger partial charge in [-0.15, -0.1) is 5.10 Å². The van der Waals surface area contributed by atoms with Crippen LogP contribution >= 0.6 is 0 Å². The lowest BCUT2D eigenvalue weighted by atomic mass is 10.1. The van der Waals surface area contributed by atoms with E-state index in [0.717, 1.165) is 11.1 Å². The molecule has 0 aliphatic rings. The number of aromatic nitrogens is 4. The molecule has 0 unspecified atom stereocenters. The van der Waals surface area contributed by atoms with Crippen molar-refractivity contribution in [3.63, 3.8) is 0 Å². The number of aromatic carboxylic acids is 1. The van der Waals surface area contributed by atoms with Crippen LogP contribution in [0.1, 0.15) is 21.9 Å². The van der Waals surface area contributed by atoms with Crippen molar-refractivity contribution in [3.05, 3.63) is 53.5 Å². The summed E-state index contributed by atoms with van der Waals surface area (Å²) in [5.74, 6) is -0.108. The molecule has 0 amide bonds. The molecule has 3 aromatic rings. The minimum Gasteiger partial charge on any atom is -0.475 e. The predicted molar refractivity (Wildman–Crippen MR) is 72.8 cm³/mol. The summed E-state index contributed by atoms with van der Waals surface area (Å²) < 4.78 is 6.80. The summed E-state index contributed by atoms with van der Waals surface area (Å²) >= 11 is 0. The first-order valence-corrected chi connectivity index (χ1v) is 6.29. The molecule has 2 aromatic heterocycles. The van der Waals surface area contributed by atoms with Gasteiger partial charge in [-0.1, -0.05) is 24.3 Å². The molecule has 0 radical (unpaired) electrons. The average Bonchev–Trinajstić information content (AvgIpc) is 3.09. The molecule has 0 aliphatic heterocycles. The van der Waals surface area contributed by atoms with Gasteiger partial charge in [0, 0.05) is 5.56 Å². The molecule has 1 aromatic carbocycles. The van der Waals surface area contributed by atoms with E-state index < -0.39 is 5.97 Å². The van der Waals surface area contributed by atoms with E-state index in [1.54, 1.807) is 10.7 Å². The van der Waals surface area contributed by atoms with E-state index in [9.17, 15) is 4.79 Å². The monoisotopic (exact) mass is 284 g/mol. The molecule has 0 atom stereocenters. The molecule has 0 saturated carbocycles. The summed E-state index contributed by atoms with van der Waals surface area (Å²) in [6, 6.07) is 10.8. The van der Waals surface area contributed by atoms with E-state index in [2.05, 4.69) is 15.5 Å². The number of carboxylic acid groups (broad SMARTS) is 1. The molecule has 7 heteroatoms. The number of hydrogen-bond donors (Lipinski definition) is 1. The smallest absolute Gasteiger partial charge is 0.371 e. The molecule has 2 heterocycles. The zero-order valence-electron chi connectivity index (χ0n) is 11.2. The molecule has 0 aliphatic carbocycles. The van der Waals surface area contributed by atoms with Crippen molar-refractivity contribution in [2.75, 3.05) is 0 Å². The van der Waals surface area contributed by atoms with Crippen LogP contribution in [0, 0.1) is 6.92 Å². The number of benzene rings is 1. The number of hydrogen-bond acceptors (Lipinski definition) is 5. The minimum atomic E-state index is -1.10. The first-order chi connectivity index (χ1) is 10.1. The molecule has 106 valence electrons. The van der Waals surface area contributed by atoms with Crippen molar-refractivity contribution in [3.8, 4) is 11.4 Å². The van der Waals surface area contributed by atoms with Crippen LogP contribution < -0.4 is 0 Å². The van der Waals surface area contributed by atoms with Gasteiger partial charge in [0.1, 0.15) is 12.3 Å². The molecule has 21 heavy (non-hydrogen) atoms. The molecular weight excluding hydrogens is 272 g/mol. The third-order valence-corrected chi connectivity index (χ3v) is 3.10. The Morgan fingerprint density at radius 2 is 2.10 bits per heavy atom. The summed E-state index contributed by atoms with van der Waals surface area (Å²) in [6.45, 7) is 2.24.